The number of aromatic nitrogens is 1. The van der Waals surface area contributed by atoms with E-state index in [-0.39, 0.29) is 23.2 Å². The highest BCUT2D eigenvalue weighted by molar-refractivity contribution is 5.99. The topological polar surface area (TPSA) is 101 Å². The number of hydrogen-bond donors (Lipinski definition) is 2. The Balaban J connectivity index is 2.05. The molecule has 0 radical (unpaired) electrons. The molecule has 144 valence electrons. The summed E-state index contributed by atoms with van der Waals surface area (Å²) in [6, 6.07) is 1.25. The molecule has 0 fully saturated rings. The molecule has 8 nitrogen and oxygen atoms in total. The van der Waals surface area contributed by atoms with Crippen molar-refractivity contribution in [2.24, 2.45) is 5.92 Å². The van der Waals surface area contributed by atoms with Crippen LogP contribution in [0.2, 0.25) is 0 Å². The molecule has 8 heteroatoms. The Kier molecular flexibility index (Phi) is 5.55. The van der Waals surface area contributed by atoms with Gasteiger partial charge in [-0.3, -0.25) is 19.4 Å². The van der Waals surface area contributed by atoms with E-state index in [1.54, 1.807) is 24.4 Å². The van der Waals surface area contributed by atoms with Crippen molar-refractivity contribution in [2.75, 3.05) is 35.8 Å². The van der Waals surface area contributed by atoms with Gasteiger partial charge in [0.15, 0.2) is 0 Å². The van der Waals surface area contributed by atoms with Crippen molar-refractivity contribution in [3.8, 4) is 0 Å². The molecule has 27 heavy (non-hydrogen) atoms. The van der Waals surface area contributed by atoms with Crippen LogP contribution in [0, 0.1) is 5.92 Å². The standard InChI is InChI=1S/C19H24N4O4/c1-4-11(2)15-19(26)22-13-9-20-6-5-12(13)10-23(15)16-14(17(24)18(16)25)21-7-8-27-3/h5-6,9,11,15,21H,4,7-8,10H2,1-3H3,(H,22,26). The van der Waals surface area contributed by atoms with Gasteiger partial charge in [0.05, 0.1) is 18.5 Å². The van der Waals surface area contributed by atoms with Crippen LogP contribution >= 0.6 is 0 Å². The number of rotatable bonds is 7. The number of pyridine rings is 1. The van der Waals surface area contributed by atoms with Crippen molar-refractivity contribution in [1.82, 2.24) is 4.98 Å². The van der Waals surface area contributed by atoms with Gasteiger partial charge in [-0.25, -0.2) is 0 Å². The number of nitrogens with zero attached hydrogens (tertiary/aromatic N) is 2. The van der Waals surface area contributed by atoms with Crippen LogP contribution in [0.25, 0.3) is 0 Å². The lowest BCUT2D eigenvalue weighted by Gasteiger charge is -2.35. The summed E-state index contributed by atoms with van der Waals surface area (Å²) in [6.45, 7) is 5.12. The molecular formula is C19H24N4O4. The Hall–Kier alpha value is -2.74. The lowest BCUT2D eigenvalue weighted by molar-refractivity contribution is -0.118. The average Bonchev–Trinajstić information content (AvgIpc) is 2.81. The minimum absolute atomic E-state index is 0.0106. The second kappa shape index (κ2) is 7.87. The second-order valence-corrected chi connectivity index (χ2v) is 6.78. The van der Waals surface area contributed by atoms with Crippen LogP contribution in [-0.4, -0.2) is 37.2 Å². The predicted molar refractivity (Wildman–Crippen MR) is 104 cm³/mol. The van der Waals surface area contributed by atoms with Crippen molar-refractivity contribution in [2.45, 2.75) is 32.9 Å². The first-order valence-corrected chi connectivity index (χ1v) is 9.06. The summed E-state index contributed by atoms with van der Waals surface area (Å²) in [4.78, 5) is 43.3. The molecule has 1 aromatic heterocycles. The van der Waals surface area contributed by atoms with Gasteiger partial charge in [0.2, 0.25) is 5.91 Å². The largest absolute Gasteiger partial charge is 0.383 e. The third-order valence-corrected chi connectivity index (χ3v) is 5.08. The van der Waals surface area contributed by atoms with E-state index < -0.39 is 16.9 Å². The van der Waals surface area contributed by atoms with Gasteiger partial charge in [0.1, 0.15) is 17.4 Å². The molecular weight excluding hydrogens is 348 g/mol. The first kappa shape index (κ1) is 19.0. The number of amides is 1. The maximum atomic E-state index is 12.9. The molecule has 2 atom stereocenters. The molecule has 0 aliphatic carbocycles. The number of anilines is 3. The van der Waals surface area contributed by atoms with E-state index in [1.807, 2.05) is 19.9 Å². The van der Waals surface area contributed by atoms with Crippen molar-refractivity contribution >= 4 is 23.0 Å². The Labute approximate surface area is 157 Å². The summed E-state index contributed by atoms with van der Waals surface area (Å²) in [5.41, 5.74) is 0.903. The average molecular weight is 372 g/mol. The maximum absolute atomic E-state index is 12.9. The van der Waals surface area contributed by atoms with Crippen LogP contribution in [0.1, 0.15) is 25.8 Å². The second-order valence-electron chi connectivity index (χ2n) is 6.78. The third kappa shape index (κ3) is 3.44. The summed E-state index contributed by atoms with van der Waals surface area (Å²) >= 11 is 0. The van der Waals surface area contributed by atoms with Crippen LogP contribution in [-0.2, 0) is 16.1 Å². The van der Waals surface area contributed by atoms with Crippen molar-refractivity contribution in [3.05, 3.63) is 44.5 Å². The number of fused-ring (bicyclic) bond motifs is 1. The highest BCUT2D eigenvalue weighted by atomic mass is 16.5. The molecule has 2 aromatic rings. The lowest BCUT2D eigenvalue weighted by atomic mass is 9.95. The molecule has 0 spiro atoms. The Bertz CT molecular complexity index is 903. The summed E-state index contributed by atoms with van der Waals surface area (Å²) < 4.78 is 5.00. The number of methoxy groups -OCH3 is 1. The Morgan fingerprint density at radius 2 is 2.15 bits per heavy atom. The molecule has 1 aliphatic rings. The fraction of sp³-hybridized carbons (Fsp3) is 0.474. The number of ether oxygens (including phenoxy) is 1. The summed E-state index contributed by atoms with van der Waals surface area (Å²) in [5, 5.41) is 5.89. The van der Waals surface area contributed by atoms with Gasteiger partial charge in [-0.1, -0.05) is 20.3 Å². The molecule has 2 unspecified atom stereocenters. The zero-order chi connectivity index (χ0) is 19.6. The molecule has 0 saturated heterocycles. The van der Waals surface area contributed by atoms with Gasteiger partial charge < -0.3 is 20.3 Å². The summed E-state index contributed by atoms with van der Waals surface area (Å²) in [7, 11) is 1.56. The summed E-state index contributed by atoms with van der Waals surface area (Å²) in [5.74, 6) is -0.213. The minimum atomic E-state index is -0.562. The van der Waals surface area contributed by atoms with Crippen LogP contribution in [0.15, 0.2) is 28.0 Å². The van der Waals surface area contributed by atoms with Gasteiger partial charge in [0, 0.05) is 26.4 Å². The SMILES string of the molecule is CCC(C)C1C(=O)Nc2cnccc2CN1c1c(NCCOC)c(=O)c1=O. The highest BCUT2D eigenvalue weighted by Crippen LogP contribution is 2.32. The molecule has 0 bridgehead atoms. The van der Waals surface area contributed by atoms with E-state index in [4.69, 9.17) is 4.74 Å². The lowest BCUT2D eigenvalue weighted by Crippen LogP contribution is -2.52. The molecule has 1 amide bonds. The first-order chi connectivity index (χ1) is 13.0. The van der Waals surface area contributed by atoms with E-state index in [0.717, 1.165) is 12.0 Å². The molecule has 1 aromatic carbocycles. The zero-order valence-electron chi connectivity index (χ0n) is 15.7. The monoisotopic (exact) mass is 372 g/mol. The van der Waals surface area contributed by atoms with Crippen molar-refractivity contribution in [1.29, 1.82) is 0 Å². The summed E-state index contributed by atoms with van der Waals surface area (Å²) in [6.07, 6.45) is 4.00. The number of carbonyl (C=O) groups is 1. The Morgan fingerprint density at radius 3 is 2.85 bits per heavy atom. The molecule has 1 aliphatic heterocycles. The third-order valence-electron chi connectivity index (χ3n) is 5.08. The van der Waals surface area contributed by atoms with E-state index in [1.165, 1.54) is 0 Å². The fourth-order valence-corrected chi connectivity index (χ4v) is 3.41. The van der Waals surface area contributed by atoms with Crippen LogP contribution < -0.4 is 26.4 Å². The highest BCUT2D eigenvalue weighted by Gasteiger charge is 2.38. The van der Waals surface area contributed by atoms with Gasteiger partial charge in [-0.2, -0.15) is 0 Å². The maximum Gasteiger partial charge on any atom is 0.253 e. The minimum Gasteiger partial charge on any atom is -0.383 e. The number of nitrogens with one attached hydrogen (secondary N) is 2. The van der Waals surface area contributed by atoms with Crippen LogP contribution in [0.3, 0.4) is 0 Å². The van der Waals surface area contributed by atoms with Crippen LogP contribution in [0.5, 0.6) is 0 Å². The van der Waals surface area contributed by atoms with Gasteiger partial charge in [-0.15, -0.1) is 0 Å². The molecule has 2 N–H and O–H groups in total. The van der Waals surface area contributed by atoms with E-state index >= 15 is 0 Å². The predicted octanol–water partition coefficient (Wildman–Crippen LogP) is 1.11. The van der Waals surface area contributed by atoms with Gasteiger partial charge >= 0.3 is 0 Å². The van der Waals surface area contributed by atoms with E-state index in [0.29, 0.717) is 25.4 Å². The zero-order valence-corrected chi connectivity index (χ0v) is 15.7. The van der Waals surface area contributed by atoms with Gasteiger partial charge in [0.25, 0.3) is 10.9 Å². The van der Waals surface area contributed by atoms with E-state index in [9.17, 15) is 14.4 Å². The first-order valence-electron chi connectivity index (χ1n) is 9.06. The van der Waals surface area contributed by atoms with Gasteiger partial charge in [-0.05, 0) is 17.5 Å². The number of hydrogen-bond acceptors (Lipinski definition) is 7. The van der Waals surface area contributed by atoms with Crippen molar-refractivity contribution < 1.29 is 9.53 Å². The Morgan fingerprint density at radius 1 is 1.37 bits per heavy atom. The van der Waals surface area contributed by atoms with Crippen LogP contribution in [0.4, 0.5) is 17.1 Å². The smallest absolute Gasteiger partial charge is 0.253 e. The quantitative estimate of drug-likeness (QED) is 0.555. The molecule has 0 saturated carbocycles. The molecule has 2 heterocycles. The normalized spacial score (nSPS) is 18.0. The number of carbonyl (C=O) groups excluding carboxylic acids is 1. The molecule has 3 rings (SSSR count). The van der Waals surface area contributed by atoms with Crippen molar-refractivity contribution in [3.63, 3.8) is 0 Å². The van der Waals surface area contributed by atoms with E-state index in [2.05, 4.69) is 15.6 Å². The fourth-order valence-electron chi connectivity index (χ4n) is 3.41.